The Balaban J connectivity index is 2.66. The first-order valence-electron chi connectivity index (χ1n) is 6.71. The van der Waals surface area contributed by atoms with Crippen LogP contribution in [0.5, 0.6) is 11.5 Å². The second-order valence-corrected chi connectivity index (χ2v) is 5.48. The molecular formula is C15H19ClO4. The van der Waals surface area contributed by atoms with Crippen LogP contribution in [0.2, 0.25) is 5.02 Å². The van der Waals surface area contributed by atoms with Crippen LogP contribution in [0.25, 0.3) is 0 Å². The number of methoxy groups -OCH3 is 2. The fourth-order valence-electron chi connectivity index (χ4n) is 3.04. The summed E-state index contributed by atoms with van der Waals surface area (Å²) in [4.78, 5) is 11.9. The Labute approximate surface area is 123 Å². The fourth-order valence-corrected chi connectivity index (χ4v) is 3.45. The molecule has 2 rings (SSSR count). The van der Waals surface area contributed by atoms with Crippen molar-refractivity contribution in [3.8, 4) is 11.5 Å². The van der Waals surface area contributed by atoms with E-state index in [4.69, 9.17) is 21.1 Å². The van der Waals surface area contributed by atoms with Crippen molar-refractivity contribution in [2.24, 2.45) is 0 Å². The molecule has 0 heterocycles. The predicted molar refractivity (Wildman–Crippen MR) is 77.0 cm³/mol. The van der Waals surface area contributed by atoms with Gasteiger partial charge in [0.25, 0.3) is 0 Å². The average molecular weight is 299 g/mol. The standard InChI is InChI=1S/C15H19ClO4/c1-19-10-6-7-11(20-2)13(16)12(10)15(14(17)18)8-4-3-5-9-15/h6-7H,3-5,8-9H2,1-2H3,(H,17,18). The van der Waals surface area contributed by atoms with Crippen molar-refractivity contribution >= 4 is 17.6 Å². The van der Waals surface area contributed by atoms with Gasteiger partial charge < -0.3 is 14.6 Å². The summed E-state index contributed by atoms with van der Waals surface area (Å²) in [5, 5.41) is 10.1. The summed E-state index contributed by atoms with van der Waals surface area (Å²) in [6, 6.07) is 3.42. The van der Waals surface area contributed by atoms with Crippen LogP contribution in [-0.2, 0) is 10.2 Å². The van der Waals surface area contributed by atoms with Gasteiger partial charge in [0.2, 0.25) is 0 Å². The highest BCUT2D eigenvalue weighted by molar-refractivity contribution is 6.33. The molecule has 1 aliphatic rings. The molecule has 0 aliphatic heterocycles. The number of hydrogen-bond donors (Lipinski definition) is 1. The van der Waals surface area contributed by atoms with Crippen LogP contribution in [0.4, 0.5) is 0 Å². The second kappa shape index (κ2) is 5.92. The monoisotopic (exact) mass is 298 g/mol. The van der Waals surface area contributed by atoms with Crippen molar-refractivity contribution in [2.45, 2.75) is 37.5 Å². The minimum atomic E-state index is -0.977. The molecule has 1 saturated carbocycles. The summed E-state index contributed by atoms with van der Waals surface area (Å²) < 4.78 is 10.6. The van der Waals surface area contributed by atoms with Gasteiger partial charge in [0, 0.05) is 5.56 Å². The van der Waals surface area contributed by atoms with Gasteiger partial charge in [-0.3, -0.25) is 4.79 Å². The van der Waals surface area contributed by atoms with Crippen molar-refractivity contribution in [3.05, 3.63) is 22.7 Å². The highest BCUT2D eigenvalue weighted by Gasteiger charge is 2.45. The smallest absolute Gasteiger partial charge is 0.314 e. The molecule has 0 amide bonds. The maximum Gasteiger partial charge on any atom is 0.314 e. The summed E-state index contributed by atoms with van der Waals surface area (Å²) in [7, 11) is 3.05. The van der Waals surface area contributed by atoms with Gasteiger partial charge in [-0.05, 0) is 25.0 Å². The first kappa shape index (κ1) is 15.0. The van der Waals surface area contributed by atoms with Crippen molar-refractivity contribution in [2.75, 3.05) is 14.2 Å². The molecule has 0 bridgehead atoms. The summed E-state index contributed by atoms with van der Waals surface area (Å²) >= 11 is 6.39. The van der Waals surface area contributed by atoms with E-state index in [1.54, 1.807) is 12.1 Å². The summed E-state index contributed by atoms with van der Waals surface area (Å²) in [5.74, 6) is 0.152. The van der Waals surface area contributed by atoms with E-state index >= 15 is 0 Å². The van der Waals surface area contributed by atoms with Crippen LogP contribution in [0.3, 0.4) is 0 Å². The lowest BCUT2D eigenvalue weighted by Gasteiger charge is -2.35. The molecule has 0 aromatic heterocycles. The normalized spacial score (nSPS) is 17.6. The van der Waals surface area contributed by atoms with Crippen LogP contribution >= 0.6 is 11.6 Å². The number of carboxylic acids is 1. The molecule has 0 spiro atoms. The lowest BCUT2D eigenvalue weighted by atomic mass is 9.69. The Hall–Kier alpha value is -1.42. The van der Waals surface area contributed by atoms with Gasteiger partial charge in [-0.2, -0.15) is 0 Å². The van der Waals surface area contributed by atoms with E-state index in [1.165, 1.54) is 14.2 Å². The number of ether oxygens (including phenoxy) is 2. The lowest BCUT2D eigenvalue weighted by molar-refractivity contribution is -0.145. The number of hydrogen-bond acceptors (Lipinski definition) is 3. The molecule has 1 aromatic carbocycles. The molecule has 0 atom stereocenters. The molecule has 1 aromatic rings. The van der Waals surface area contributed by atoms with E-state index in [1.807, 2.05) is 0 Å². The number of halogens is 1. The Kier molecular flexibility index (Phi) is 4.43. The minimum absolute atomic E-state index is 0.344. The summed E-state index contributed by atoms with van der Waals surface area (Å²) in [6.07, 6.45) is 3.96. The Bertz CT molecular complexity index is 507. The largest absolute Gasteiger partial charge is 0.496 e. The van der Waals surface area contributed by atoms with Crippen LogP contribution in [-0.4, -0.2) is 25.3 Å². The molecule has 0 unspecified atom stereocenters. The molecule has 20 heavy (non-hydrogen) atoms. The highest BCUT2D eigenvalue weighted by Crippen LogP contribution is 2.49. The minimum Gasteiger partial charge on any atom is -0.496 e. The Morgan fingerprint density at radius 1 is 1.15 bits per heavy atom. The van der Waals surface area contributed by atoms with Gasteiger partial charge in [-0.1, -0.05) is 30.9 Å². The maximum atomic E-state index is 11.9. The number of aliphatic carboxylic acids is 1. The van der Waals surface area contributed by atoms with Gasteiger partial charge in [-0.15, -0.1) is 0 Å². The van der Waals surface area contributed by atoms with E-state index in [-0.39, 0.29) is 0 Å². The van der Waals surface area contributed by atoms with Gasteiger partial charge in [0.1, 0.15) is 11.5 Å². The van der Waals surface area contributed by atoms with Gasteiger partial charge in [0.15, 0.2) is 0 Å². The zero-order valence-corrected chi connectivity index (χ0v) is 12.5. The van der Waals surface area contributed by atoms with Gasteiger partial charge >= 0.3 is 5.97 Å². The predicted octanol–water partition coefficient (Wildman–Crippen LogP) is 3.64. The molecule has 110 valence electrons. The molecule has 0 radical (unpaired) electrons. The van der Waals surface area contributed by atoms with Gasteiger partial charge in [0.05, 0.1) is 24.7 Å². The van der Waals surface area contributed by atoms with Crippen molar-refractivity contribution in [1.82, 2.24) is 0 Å². The average Bonchev–Trinajstić information content (AvgIpc) is 2.47. The topological polar surface area (TPSA) is 55.8 Å². The summed E-state index contributed by atoms with van der Waals surface area (Å²) in [5.41, 5.74) is -0.428. The van der Waals surface area contributed by atoms with E-state index in [9.17, 15) is 9.90 Å². The van der Waals surface area contributed by atoms with Crippen LogP contribution in [0.15, 0.2) is 12.1 Å². The quantitative estimate of drug-likeness (QED) is 0.922. The molecule has 5 heteroatoms. The number of carboxylic acid groups (broad SMARTS) is 1. The third kappa shape index (κ3) is 2.33. The first-order chi connectivity index (χ1) is 9.56. The van der Waals surface area contributed by atoms with E-state index in [0.717, 1.165) is 19.3 Å². The molecule has 4 nitrogen and oxygen atoms in total. The van der Waals surface area contributed by atoms with Crippen LogP contribution in [0, 0.1) is 0 Å². The maximum absolute atomic E-state index is 11.9. The van der Waals surface area contributed by atoms with Crippen molar-refractivity contribution < 1.29 is 19.4 Å². The van der Waals surface area contributed by atoms with Crippen molar-refractivity contribution in [3.63, 3.8) is 0 Å². The van der Waals surface area contributed by atoms with Crippen molar-refractivity contribution in [1.29, 1.82) is 0 Å². The fraction of sp³-hybridized carbons (Fsp3) is 0.533. The van der Waals surface area contributed by atoms with E-state index < -0.39 is 11.4 Å². The number of rotatable bonds is 4. The zero-order valence-electron chi connectivity index (χ0n) is 11.7. The Morgan fingerprint density at radius 3 is 2.20 bits per heavy atom. The second-order valence-electron chi connectivity index (χ2n) is 5.11. The third-order valence-electron chi connectivity index (χ3n) is 4.10. The molecule has 1 N–H and O–H groups in total. The Morgan fingerprint density at radius 2 is 1.70 bits per heavy atom. The van der Waals surface area contributed by atoms with Crippen LogP contribution < -0.4 is 9.47 Å². The number of benzene rings is 1. The molecule has 1 aliphatic carbocycles. The van der Waals surface area contributed by atoms with E-state index in [2.05, 4.69) is 0 Å². The SMILES string of the molecule is COc1ccc(OC)c(C2(C(=O)O)CCCCC2)c1Cl. The van der Waals surface area contributed by atoms with Gasteiger partial charge in [-0.25, -0.2) is 0 Å². The molecular weight excluding hydrogens is 280 g/mol. The van der Waals surface area contributed by atoms with E-state index in [0.29, 0.717) is 34.9 Å². The number of carbonyl (C=O) groups is 1. The highest BCUT2D eigenvalue weighted by atomic mass is 35.5. The third-order valence-corrected chi connectivity index (χ3v) is 4.48. The molecule has 1 fully saturated rings. The molecule has 0 saturated heterocycles. The lowest BCUT2D eigenvalue weighted by Crippen LogP contribution is -2.38. The zero-order chi connectivity index (χ0) is 14.8. The first-order valence-corrected chi connectivity index (χ1v) is 7.09. The van der Waals surface area contributed by atoms with Crippen LogP contribution in [0.1, 0.15) is 37.7 Å². The summed E-state index contributed by atoms with van der Waals surface area (Å²) in [6.45, 7) is 0.